The third kappa shape index (κ3) is 3.09. The number of fused-ring (bicyclic) bond motifs is 3. The smallest absolute Gasteiger partial charge is 0.410 e. The first-order valence-corrected chi connectivity index (χ1v) is 10.4. The van der Waals surface area contributed by atoms with Crippen molar-refractivity contribution in [1.29, 1.82) is 0 Å². The van der Waals surface area contributed by atoms with Crippen LogP contribution in [0.3, 0.4) is 0 Å². The summed E-state index contributed by atoms with van der Waals surface area (Å²) in [6, 6.07) is 6.38. The molecule has 0 unspecified atom stereocenters. The fourth-order valence-corrected chi connectivity index (χ4v) is 4.39. The van der Waals surface area contributed by atoms with Crippen molar-refractivity contribution in [3.8, 4) is 22.8 Å². The number of anilines is 1. The number of aryl methyl sites for hydroxylation is 1. The van der Waals surface area contributed by atoms with Crippen LogP contribution in [-0.4, -0.2) is 45.3 Å². The van der Waals surface area contributed by atoms with Crippen LogP contribution in [0.4, 0.5) is 19.0 Å². The van der Waals surface area contributed by atoms with Crippen molar-refractivity contribution in [3.05, 3.63) is 47.8 Å². The number of benzene rings is 1. The summed E-state index contributed by atoms with van der Waals surface area (Å²) in [4.78, 5) is 19.3. The lowest BCUT2D eigenvalue weighted by molar-refractivity contribution is -0.172. The van der Waals surface area contributed by atoms with Gasteiger partial charge in [0.2, 0.25) is 6.79 Å². The zero-order chi connectivity index (χ0) is 23.6. The van der Waals surface area contributed by atoms with Gasteiger partial charge < -0.3 is 14.0 Å². The normalized spacial score (nSPS) is 17.3. The first-order valence-electron chi connectivity index (χ1n) is 10.4. The van der Waals surface area contributed by atoms with Crippen LogP contribution in [-0.2, 0) is 0 Å². The molecule has 2 aliphatic heterocycles. The van der Waals surface area contributed by atoms with E-state index in [9.17, 15) is 18.0 Å². The minimum absolute atomic E-state index is 0.0715. The largest absolute Gasteiger partial charge is 0.454 e. The Bertz CT molecular complexity index is 1440. The summed E-state index contributed by atoms with van der Waals surface area (Å²) in [6.45, 7) is 1.67. The van der Waals surface area contributed by atoms with Crippen molar-refractivity contribution in [2.24, 2.45) is 0 Å². The lowest BCUT2D eigenvalue weighted by Gasteiger charge is -2.34. The predicted molar refractivity (Wildman–Crippen MR) is 112 cm³/mol. The Balaban J connectivity index is 1.46. The average molecular weight is 471 g/mol. The van der Waals surface area contributed by atoms with E-state index in [1.54, 1.807) is 31.2 Å². The van der Waals surface area contributed by atoms with E-state index in [4.69, 9.17) is 14.0 Å². The molecule has 0 aliphatic carbocycles. The molecule has 2 aliphatic rings. The Morgan fingerprint density at radius 2 is 1.97 bits per heavy atom. The topological polar surface area (TPSA) is 95.5 Å². The molecule has 1 aromatic carbocycles. The molecular formula is C22H16F3N5O4. The van der Waals surface area contributed by atoms with Gasteiger partial charge in [0.1, 0.15) is 11.5 Å². The highest BCUT2D eigenvalue weighted by atomic mass is 19.4. The van der Waals surface area contributed by atoms with Gasteiger partial charge in [-0.05, 0) is 37.6 Å². The summed E-state index contributed by atoms with van der Waals surface area (Å²) >= 11 is 0. The van der Waals surface area contributed by atoms with Crippen LogP contribution in [0, 0.1) is 6.92 Å². The lowest BCUT2D eigenvalue weighted by atomic mass is 10.0. The fourth-order valence-electron chi connectivity index (χ4n) is 4.39. The molecule has 4 aromatic rings. The van der Waals surface area contributed by atoms with Gasteiger partial charge in [-0.2, -0.15) is 18.3 Å². The second kappa shape index (κ2) is 7.20. The van der Waals surface area contributed by atoms with E-state index in [2.05, 4.69) is 15.2 Å². The number of halogens is 3. The van der Waals surface area contributed by atoms with Crippen molar-refractivity contribution in [2.75, 3.05) is 18.2 Å². The van der Waals surface area contributed by atoms with E-state index in [0.717, 1.165) is 4.68 Å². The van der Waals surface area contributed by atoms with Gasteiger partial charge in [0, 0.05) is 23.9 Å². The van der Waals surface area contributed by atoms with Crippen molar-refractivity contribution in [3.63, 3.8) is 0 Å². The number of hydrogen-bond acceptors (Lipinski definition) is 7. The lowest BCUT2D eigenvalue weighted by Crippen LogP contribution is -2.43. The molecule has 0 bridgehead atoms. The van der Waals surface area contributed by atoms with E-state index >= 15 is 0 Å². The molecule has 0 N–H and O–H groups in total. The number of ether oxygens (including phenoxy) is 2. The Hall–Kier alpha value is -4.09. The predicted octanol–water partition coefficient (Wildman–Crippen LogP) is 4.28. The van der Waals surface area contributed by atoms with Crippen molar-refractivity contribution in [2.45, 2.75) is 25.6 Å². The number of carbonyl (C=O) groups is 1. The van der Waals surface area contributed by atoms with Crippen molar-refractivity contribution >= 4 is 22.8 Å². The Morgan fingerprint density at radius 3 is 2.79 bits per heavy atom. The van der Waals surface area contributed by atoms with Gasteiger partial charge in [0.05, 0.1) is 17.1 Å². The summed E-state index contributed by atoms with van der Waals surface area (Å²) < 4.78 is 57.5. The van der Waals surface area contributed by atoms with Gasteiger partial charge in [-0.25, -0.2) is 9.67 Å². The first-order chi connectivity index (χ1) is 16.3. The van der Waals surface area contributed by atoms with Crippen molar-refractivity contribution < 1.29 is 32.0 Å². The number of alkyl halides is 3. The Morgan fingerprint density at radius 1 is 1.15 bits per heavy atom. The molecular weight excluding hydrogens is 455 g/mol. The molecule has 5 heterocycles. The maximum Gasteiger partial charge on any atom is 0.410 e. The van der Waals surface area contributed by atoms with Gasteiger partial charge in [-0.1, -0.05) is 5.16 Å². The van der Waals surface area contributed by atoms with Gasteiger partial charge >= 0.3 is 6.18 Å². The van der Waals surface area contributed by atoms with Crippen LogP contribution >= 0.6 is 0 Å². The van der Waals surface area contributed by atoms with Crippen LogP contribution in [0.15, 0.2) is 41.1 Å². The third-order valence-electron chi connectivity index (χ3n) is 5.92. The molecule has 12 heteroatoms. The number of aromatic nitrogens is 4. The molecule has 0 saturated carbocycles. The summed E-state index contributed by atoms with van der Waals surface area (Å²) in [7, 11) is 0. The minimum atomic E-state index is -4.47. The fraction of sp³-hybridized carbons (Fsp3) is 0.273. The summed E-state index contributed by atoms with van der Waals surface area (Å²) in [5.41, 5.74) is 1.85. The van der Waals surface area contributed by atoms with Crippen LogP contribution in [0.25, 0.3) is 22.4 Å². The van der Waals surface area contributed by atoms with E-state index in [1.807, 2.05) is 0 Å². The third-order valence-corrected chi connectivity index (χ3v) is 5.92. The quantitative estimate of drug-likeness (QED) is 0.431. The Labute approximate surface area is 189 Å². The summed E-state index contributed by atoms with van der Waals surface area (Å²) in [6.07, 6.45) is -3.53. The SMILES string of the molecule is Cc1cc(C(=O)N2CC[C@H](C(F)(F)F)n3nccc32)c2c(-c3ccc4c(c3)OCO4)noc2n1. The molecule has 34 heavy (non-hydrogen) atoms. The van der Waals surface area contributed by atoms with E-state index < -0.39 is 18.1 Å². The highest BCUT2D eigenvalue weighted by Crippen LogP contribution is 2.41. The molecule has 1 amide bonds. The summed E-state index contributed by atoms with van der Waals surface area (Å²) in [5.74, 6) is 0.688. The second-order valence-corrected chi connectivity index (χ2v) is 8.03. The molecule has 6 rings (SSSR count). The standard InChI is InChI=1S/C22H16F3N5O4/c1-11-8-13(21(31)29-7-5-16(22(23,24)25)30-17(29)4-6-26-30)18-19(28-34-20(18)27-11)12-2-3-14-15(9-12)33-10-32-14/h2-4,6,8-9,16H,5,7,10H2,1H3/t16-/m1/s1. The zero-order valence-electron chi connectivity index (χ0n) is 17.7. The Kier molecular flexibility index (Phi) is 4.35. The molecule has 3 aromatic heterocycles. The monoisotopic (exact) mass is 471 g/mol. The number of rotatable bonds is 2. The van der Waals surface area contributed by atoms with Crippen LogP contribution < -0.4 is 14.4 Å². The maximum absolute atomic E-state index is 13.7. The van der Waals surface area contributed by atoms with Crippen LogP contribution in [0.2, 0.25) is 0 Å². The molecule has 0 fully saturated rings. The number of nitrogens with zero attached hydrogens (tertiary/aromatic N) is 5. The average Bonchev–Trinajstić information content (AvgIpc) is 3.54. The molecule has 1 atom stereocenters. The van der Waals surface area contributed by atoms with Gasteiger partial charge in [0.25, 0.3) is 11.6 Å². The molecule has 0 radical (unpaired) electrons. The molecule has 0 spiro atoms. The number of hydrogen-bond donors (Lipinski definition) is 0. The van der Waals surface area contributed by atoms with E-state index in [1.165, 1.54) is 17.2 Å². The number of amides is 1. The van der Waals surface area contributed by atoms with E-state index in [-0.39, 0.29) is 36.9 Å². The van der Waals surface area contributed by atoms with Gasteiger partial charge in [0.15, 0.2) is 17.5 Å². The van der Waals surface area contributed by atoms with E-state index in [0.29, 0.717) is 33.8 Å². The molecule has 174 valence electrons. The van der Waals surface area contributed by atoms with Gasteiger partial charge in [-0.3, -0.25) is 9.69 Å². The molecule has 0 saturated heterocycles. The highest BCUT2D eigenvalue weighted by Gasteiger charge is 2.46. The number of pyridine rings is 1. The summed E-state index contributed by atoms with van der Waals surface area (Å²) in [5, 5.41) is 8.32. The highest BCUT2D eigenvalue weighted by molar-refractivity contribution is 6.15. The van der Waals surface area contributed by atoms with Crippen LogP contribution in [0.1, 0.15) is 28.5 Å². The maximum atomic E-state index is 13.7. The zero-order valence-corrected chi connectivity index (χ0v) is 17.7. The van der Waals surface area contributed by atoms with Gasteiger partial charge in [-0.15, -0.1) is 0 Å². The number of carbonyl (C=O) groups excluding carboxylic acids is 1. The minimum Gasteiger partial charge on any atom is -0.454 e. The second-order valence-electron chi connectivity index (χ2n) is 8.03. The first kappa shape index (κ1) is 20.5. The van der Waals surface area contributed by atoms with Crippen LogP contribution in [0.5, 0.6) is 11.5 Å². The van der Waals surface area contributed by atoms with Crippen molar-refractivity contribution in [1.82, 2.24) is 19.9 Å². The molecule has 9 nitrogen and oxygen atoms in total.